The lowest BCUT2D eigenvalue weighted by Crippen LogP contribution is -1.96. The second kappa shape index (κ2) is 58.8. The van der Waals surface area contributed by atoms with Crippen molar-refractivity contribution >= 4 is 108 Å². The van der Waals surface area contributed by atoms with Gasteiger partial charge in [-0.1, -0.05) is 36.4 Å². The van der Waals surface area contributed by atoms with Gasteiger partial charge >= 0.3 is 53.7 Å². The minimum absolute atomic E-state index is 0.0122. The molecule has 702 valence electrons. The van der Waals surface area contributed by atoms with Gasteiger partial charge in [-0.05, 0) is 173 Å². The number of aliphatic carboxylic acids is 9. The summed E-state index contributed by atoms with van der Waals surface area (Å²) in [5, 5.41) is 224. The van der Waals surface area contributed by atoms with E-state index in [1.54, 1.807) is 54.6 Å². The zero-order chi connectivity index (χ0) is 100. The Balaban J connectivity index is 0.000000743. The van der Waals surface area contributed by atoms with Crippen molar-refractivity contribution in [2.24, 2.45) is 0 Å². The van der Waals surface area contributed by atoms with Crippen LogP contribution in [-0.2, 0) is 63.0 Å². The Morgan fingerprint density at radius 1 is 0.242 bits per heavy atom. The molecule has 0 bridgehead atoms. The zero-order valence-electron chi connectivity index (χ0n) is 70.4. The summed E-state index contributed by atoms with van der Waals surface area (Å²) in [6.45, 7) is -1.08. The van der Waals surface area contributed by atoms with Crippen molar-refractivity contribution in [2.45, 2.75) is 19.8 Å². The number of rotatable bonds is 28. The molecule has 9 rings (SSSR count). The second-order valence-electron chi connectivity index (χ2n) is 24.5. The molecule has 0 unspecified atom stereocenters. The third kappa shape index (κ3) is 40.2. The van der Waals surface area contributed by atoms with Crippen molar-refractivity contribution in [3.05, 3.63) is 255 Å². The van der Waals surface area contributed by atoms with Gasteiger partial charge in [0, 0.05) is 99.7 Å². The SMILES string of the molecule is COc1c(O)ccc(/C=C/C(=O)O)c1CO.COc1c(O)ccc(/C=C/C(=O)O)c1O.COc1ccc(/C=C/C(=O)O)c(O)c1.COc1ccc(/C=C/C(=O)O)c(O)c1OC.COc1ccc(/C=C/C(=O)O)cc1O.COc1cccc(/C=C/C(=O)O)c1O.O=C(O)/C=C/c1ccc(O)c(O)c1CO.O=C(O)/C=C/c1ccc(O)c(O)c1O.O=C(O)/C=C/c1ccc(O)cc1CO. The molecule has 0 fully saturated rings. The van der Waals surface area contributed by atoms with Crippen LogP contribution in [0.4, 0.5) is 0 Å². The summed E-state index contributed by atoms with van der Waals surface area (Å²) >= 11 is 0. The highest BCUT2D eigenvalue weighted by Gasteiger charge is 2.17. The topological polar surface area (TPSA) is 724 Å². The van der Waals surface area contributed by atoms with Crippen LogP contribution in [0, 0.1) is 0 Å². The number of hydrogen-bond acceptors (Lipinski definition) is 32. The molecule has 0 atom stereocenters. The summed E-state index contributed by atoms with van der Waals surface area (Å²) in [7, 11) is 9.85. The molecular weight excluding hydrogens is 1750 g/mol. The number of phenols is 13. The van der Waals surface area contributed by atoms with E-state index in [9.17, 15) is 89.1 Å². The van der Waals surface area contributed by atoms with Gasteiger partial charge in [-0.15, -0.1) is 0 Å². The zero-order valence-corrected chi connectivity index (χ0v) is 70.4. The van der Waals surface area contributed by atoms with Crippen LogP contribution in [-0.4, -0.2) is 231 Å². The van der Waals surface area contributed by atoms with Crippen LogP contribution in [0.25, 0.3) is 54.7 Å². The van der Waals surface area contributed by atoms with Crippen molar-refractivity contribution in [2.75, 3.05) is 49.8 Å². The number of aromatic hydroxyl groups is 13. The lowest BCUT2D eigenvalue weighted by molar-refractivity contribution is -0.132. The quantitative estimate of drug-likeness (QED) is 0.0160. The van der Waals surface area contributed by atoms with Crippen LogP contribution in [0.2, 0.25) is 0 Å². The summed E-state index contributed by atoms with van der Waals surface area (Å²) in [6, 6.07) is 32.2. The van der Waals surface area contributed by atoms with E-state index in [0.717, 1.165) is 66.8 Å². The monoisotopic (exact) mass is 1840 g/mol. The highest BCUT2D eigenvalue weighted by molar-refractivity contribution is 5.91. The number of carboxylic acid groups (broad SMARTS) is 9. The molecule has 0 radical (unpaired) electrons. The maximum Gasteiger partial charge on any atom is 0.328 e. The third-order valence-corrected chi connectivity index (χ3v) is 15.8. The predicted molar refractivity (Wildman–Crippen MR) is 473 cm³/mol. The van der Waals surface area contributed by atoms with E-state index >= 15 is 0 Å². The normalized spacial score (nSPS) is 10.5. The molecule has 0 heterocycles. The van der Waals surface area contributed by atoms with E-state index in [-0.39, 0.29) is 98.9 Å². The smallest absolute Gasteiger partial charge is 0.328 e. The maximum atomic E-state index is 10.4. The number of carbonyl (C=O) groups is 9. The van der Waals surface area contributed by atoms with Crippen LogP contribution in [0.5, 0.6) is 115 Å². The first kappa shape index (κ1) is 112. The van der Waals surface area contributed by atoms with Crippen LogP contribution >= 0.6 is 0 Å². The first-order chi connectivity index (χ1) is 62.4. The molecule has 0 saturated carbocycles. The van der Waals surface area contributed by atoms with E-state index in [4.69, 9.17) is 115 Å². The summed E-state index contributed by atoms with van der Waals surface area (Å²) < 4.78 is 34.2. The minimum atomic E-state index is -1.17. The standard InChI is InChI=1S/2C11H12O5.2C10H10O5.4C10H10O4.C9H8O5/c1-15-8-5-3-7(4-6-9(12)13)10(14)11(8)16-2;1-16-11-8(6-12)7(2-4-9(11)13)3-5-10(14)15;1-15-10-7(11)4-2-6(9(10)14)3-5-8(12)13;11-5-7-6(2-4-9(13)14)1-3-8(12)10(7)15;1-14-8-4-2-7(9(11)6-8)3-5-10(12)13;1-14-9-4-2-7(6-8(9)11)3-5-10(12)13;1-14-8-4-2-3-7(10(8)13)5-6-9(11)12;11-6-8-5-9(12)3-1-7(8)2-4-10(13)14;10-6-3-1-5(2-4-7(11)12)8(13)9(6)14/h3-6,14H,1-2H3,(H,12,13);2-5,12-13H,6H2,1H3,(H,14,15);2-5,11,14H,1H3,(H,12,13);1-4,11-12,15H,5H2,(H,13,14);2*2-6,11H,1H3,(H,12,13);2-6,13H,1H3,(H,11,12);1-5,11-12H,6H2,(H,13,14);1-4,10,13-14H,(H,11,12)/b6-4+;2*5-3+;4-2+;2*5-3+;6-5+;2*4-2+. The minimum Gasteiger partial charge on any atom is -0.508 e. The molecule has 132 heavy (non-hydrogen) atoms. The van der Waals surface area contributed by atoms with Crippen molar-refractivity contribution in [1.29, 1.82) is 0 Å². The second-order valence-corrected chi connectivity index (χ2v) is 24.5. The molecule has 0 aromatic heterocycles. The summed E-state index contributed by atoms with van der Waals surface area (Å²) in [5.74, 6) is -11.3. The van der Waals surface area contributed by atoms with E-state index < -0.39 is 83.3 Å². The Morgan fingerprint density at radius 3 is 1.00 bits per heavy atom. The number of hydrogen-bond donors (Lipinski definition) is 25. The molecule has 0 saturated heterocycles. The number of methoxy groups -OCH3 is 7. The number of ether oxygens (including phenoxy) is 7. The largest absolute Gasteiger partial charge is 0.508 e. The van der Waals surface area contributed by atoms with E-state index in [2.05, 4.69) is 0 Å². The lowest BCUT2D eigenvalue weighted by atomic mass is 10.1. The van der Waals surface area contributed by atoms with Gasteiger partial charge in [-0.3, -0.25) is 0 Å². The van der Waals surface area contributed by atoms with E-state index in [0.29, 0.717) is 73.1 Å². The maximum absolute atomic E-state index is 10.4. The van der Waals surface area contributed by atoms with Crippen molar-refractivity contribution in [1.82, 2.24) is 0 Å². The molecule has 41 heteroatoms. The average Bonchev–Trinajstić information content (AvgIpc) is 0.835. The van der Waals surface area contributed by atoms with E-state index in [1.165, 1.54) is 171 Å². The molecule has 0 aliphatic rings. The molecule has 0 amide bonds. The van der Waals surface area contributed by atoms with Gasteiger partial charge < -0.3 is 161 Å². The highest BCUT2D eigenvalue weighted by atomic mass is 16.5. The Morgan fingerprint density at radius 2 is 0.591 bits per heavy atom. The first-order valence-electron chi connectivity index (χ1n) is 36.5. The molecule has 0 aliphatic heterocycles. The van der Waals surface area contributed by atoms with Gasteiger partial charge in [0.25, 0.3) is 0 Å². The number of phenolic OH excluding ortho intramolecular Hbond substituents is 12. The highest BCUT2D eigenvalue weighted by Crippen LogP contribution is 2.42. The molecule has 41 nitrogen and oxygen atoms in total. The average molecular weight is 1840 g/mol. The van der Waals surface area contributed by atoms with Gasteiger partial charge in [0.2, 0.25) is 17.2 Å². The number of aliphatic hydroxyl groups is 3. The van der Waals surface area contributed by atoms with Crippen LogP contribution in [0.3, 0.4) is 0 Å². The van der Waals surface area contributed by atoms with Crippen LogP contribution in [0.15, 0.2) is 188 Å². The first-order valence-corrected chi connectivity index (χ1v) is 36.5. The number of benzene rings is 9. The number of para-hydroxylation sites is 1. The van der Waals surface area contributed by atoms with Gasteiger partial charge in [-0.25, -0.2) is 43.2 Å². The summed E-state index contributed by atoms with van der Waals surface area (Å²) in [6.07, 6.45) is 19.9. The molecule has 25 N–H and O–H groups in total. The fourth-order valence-corrected chi connectivity index (χ4v) is 9.62. The molecular formula is C91H92O41. The van der Waals surface area contributed by atoms with Crippen molar-refractivity contribution < 1.29 is 204 Å². The lowest BCUT2D eigenvalue weighted by Gasteiger charge is -2.10. The van der Waals surface area contributed by atoms with Gasteiger partial charge in [0.1, 0.15) is 17.2 Å². The van der Waals surface area contributed by atoms with Gasteiger partial charge in [0.05, 0.1) is 69.6 Å². The van der Waals surface area contributed by atoms with Gasteiger partial charge in [0.15, 0.2) is 80.5 Å². The Bertz CT molecular complexity index is 5730. The predicted octanol–water partition coefficient (Wildman–Crippen LogP) is 10.8. The van der Waals surface area contributed by atoms with Crippen molar-refractivity contribution in [3.63, 3.8) is 0 Å². The number of carboxylic acids is 9. The Kier molecular flexibility index (Phi) is 49.8. The molecule has 9 aromatic carbocycles. The van der Waals surface area contributed by atoms with Crippen molar-refractivity contribution in [3.8, 4) is 115 Å². The Labute approximate surface area is 748 Å². The van der Waals surface area contributed by atoms with Crippen LogP contribution < -0.4 is 33.2 Å². The summed E-state index contributed by atoms with van der Waals surface area (Å²) in [4.78, 5) is 92.3. The Hall–Kier alpha value is -18.2. The fraction of sp³-hybridized carbons (Fsp3) is 0.110. The number of aliphatic hydroxyl groups excluding tert-OH is 3. The fourth-order valence-electron chi connectivity index (χ4n) is 9.62. The van der Waals surface area contributed by atoms with E-state index in [1.807, 2.05) is 0 Å². The molecule has 0 aliphatic carbocycles. The molecule has 9 aromatic rings. The summed E-state index contributed by atoms with van der Waals surface area (Å²) in [5.41, 5.74) is 4.50. The third-order valence-electron chi connectivity index (χ3n) is 15.8. The van der Waals surface area contributed by atoms with Crippen LogP contribution in [0.1, 0.15) is 66.8 Å². The molecule has 0 spiro atoms. The van der Waals surface area contributed by atoms with Gasteiger partial charge in [-0.2, -0.15) is 0 Å².